The van der Waals surface area contributed by atoms with Crippen LogP contribution in [-0.4, -0.2) is 93.9 Å². The molecule has 0 rings (SSSR count). The van der Waals surface area contributed by atoms with Gasteiger partial charge in [0.25, 0.3) is 0 Å². The monoisotopic (exact) mass is 296 g/mol. The SMILES string of the molecule is CC(O)[C@@H](O)[C@@H](CO)NCCCN[C@H](CO)[C@H](O)CO. The van der Waals surface area contributed by atoms with Gasteiger partial charge in [0, 0.05) is 0 Å². The molecule has 0 bridgehead atoms. The Labute approximate surface area is 119 Å². The fraction of sp³-hybridized carbons (Fsp3) is 1.00. The molecule has 0 radical (unpaired) electrons. The molecule has 0 aliphatic rings. The maximum absolute atomic E-state index is 9.59. The summed E-state index contributed by atoms with van der Waals surface area (Å²) in [6.07, 6.45) is -2.38. The Morgan fingerprint density at radius 2 is 1.30 bits per heavy atom. The van der Waals surface area contributed by atoms with Crippen LogP contribution in [-0.2, 0) is 0 Å². The van der Waals surface area contributed by atoms with Gasteiger partial charge < -0.3 is 41.3 Å². The highest BCUT2D eigenvalue weighted by molar-refractivity contribution is 4.79. The summed E-state index contributed by atoms with van der Waals surface area (Å²) in [6.45, 7) is 1.41. The number of hydrogen-bond acceptors (Lipinski definition) is 8. The van der Waals surface area contributed by atoms with Gasteiger partial charge in [-0.1, -0.05) is 0 Å². The lowest BCUT2D eigenvalue weighted by atomic mass is 10.1. The van der Waals surface area contributed by atoms with Crippen LogP contribution in [0.4, 0.5) is 0 Å². The maximum Gasteiger partial charge on any atom is 0.0971 e. The molecule has 0 aromatic heterocycles. The third-order valence-corrected chi connectivity index (χ3v) is 3.12. The molecule has 0 amide bonds. The van der Waals surface area contributed by atoms with Crippen molar-refractivity contribution in [3.63, 3.8) is 0 Å². The van der Waals surface area contributed by atoms with Crippen molar-refractivity contribution in [2.45, 2.75) is 43.7 Å². The average Bonchev–Trinajstić information content (AvgIpc) is 2.45. The predicted molar refractivity (Wildman–Crippen MR) is 73.2 cm³/mol. The van der Waals surface area contributed by atoms with Crippen molar-refractivity contribution in [2.75, 3.05) is 32.9 Å². The fourth-order valence-corrected chi connectivity index (χ4v) is 1.74. The van der Waals surface area contributed by atoms with Crippen molar-refractivity contribution >= 4 is 0 Å². The molecular formula is C12H28N2O6. The molecule has 1 unspecified atom stereocenters. The molecule has 0 fully saturated rings. The predicted octanol–water partition coefficient (Wildman–Crippen LogP) is -3.63. The molecule has 0 aromatic rings. The molecule has 122 valence electrons. The van der Waals surface area contributed by atoms with Gasteiger partial charge in [-0.15, -0.1) is 0 Å². The van der Waals surface area contributed by atoms with E-state index in [0.29, 0.717) is 19.5 Å². The van der Waals surface area contributed by atoms with Crippen molar-refractivity contribution in [3.05, 3.63) is 0 Å². The molecule has 0 saturated heterocycles. The largest absolute Gasteiger partial charge is 0.395 e. The van der Waals surface area contributed by atoms with Gasteiger partial charge in [0.2, 0.25) is 0 Å². The van der Waals surface area contributed by atoms with Crippen LogP contribution < -0.4 is 10.6 Å². The highest BCUT2D eigenvalue weighted by Crippen LogP contribution is 1.99. The first kappa shape index (κ1) is 19.7. The van der Waals surface area contributed by atoms with E-state index < -0.39 is 37.0 Å². The summed E-state index contributed by atoms with van der Waals surface area (Å²) in [5.74, 6) is 0. The lowest BCUT2D eigenvalue weighted by Gasteiger charge is -2.25. The zero-order valence-corrected chi connectivity index (χ0v) is 11.8. The Morgan fingerprint density at radius 3 is 1.70 bits per heavy atom. The van der Waals surface area contributed by atoms with E-state index in [4.69, 9.17) is 15.3 Å². The van der Waals surface area contributed by atoms with E-state index in [0.717, 1.165) is 0 Å². The third kappa shape index (κ3) is 7.46. The molecule has 8 N–H and O–H groups in total. The van der Waals surface area contributed by atoms with E-state index in [1.54, 1.807) is 0 Å². The molecule has 0 aliphatic carbocycles. The molecule has 8 nitrogen and oxygen atoms in total. The van der Waals surface area contributed by atoms with Gasteiger partial charge in [0.15, 0.2) is 0 Å². The maximum atomic E-state index is 9.59. The van der Waals surface area contributed by atoms with E-state index in [1.807, 2.05) is 0 Å². The van der Waals surface area contributed by atoms with Crippen molar-refractivity contribution in [1.82, 2.24) is 10.6 Å². The fourth-order valence-electron chi connectivity index (χ4n) is 1.74. The van der Waals surface area contributed by atoms with Gasteiger partial charge in [-0.05, 0) is 26.4 Å². The minimum Gasteiger partial charge on any atom is -0.395 e. The molecule has 0 heterocycles. The zero-order chi connectivity index (χ0) is 15.5. The van der Waals surface area contributed by atoms with Crippen molar-refractivity contribution in [2.24, 2.45) is 0 Å². The molecular weight excluding hydrogens is 268 g/mol. The second-order valence-electron chi connectivity index (χ2n) is 4.82. The van der Waals surface area contributed by atoms with Crippen LogP contribution in [0.25, 0.3) is 0 Å². The first-order valence-corrected chi connectivity index (χ1v) is 6.81. The van der Waals surface area contributed by atoms with Gasteiger partial charge in [0.1, 0.15) is 0 Å². The Balaban J connectivity index is 3.84. The van der Waals surface area contributed by atoms with Gasteiger partial charge in [-0.3, -0.25) is 0 Å². The highest BCUT2D eigenvalue weighted by Gasteiger charge is 2.22. The first-order valence-electron chi connectivity index (χ1n) is 6.81. The number of rotatable bonds is 12. The normalized spacial score (nSPS) is 19.4. The topological polar surface area (TPSA) is 145 Å². The van der Waals surface area contributed by atoms with E-state index in [1.165, 1.54) is 6.92 Å². The Hall–Kier alpha value is -0.320. The van der Waals surface area contributed by atoms with Crippen LogP contribution in [0.1, 0.15) is 13.3 Å². The van der Waals surface area contributed by atoms with Gasteiger partial charge in [-0.25, -0.2) is 0 Å². The molecule has 0 aromatic carbocycles. The summed E-state index contributed by atoms with van der Waals surface area (Å²) in [5, 5.41) is 60.8. The standard InChI is InChI=1S/C12H28N2O6/c1-8(18)12(20)10(6-16)14-4-2-3-13-9(5-15)11(19)7-17/h8-20H,2-7H2,1H3/t8?,9-,10-,11-,12-/m1/s1. The van der Waals surface area contributed by atoms with E-state index in [2.05, 4.69) is 10.6 Å². The van der Waals surface area contributed by atoms with Crippen LogP contribution in [0.5, 0.6) is 0 Å². The van der Waals surface area contributed by atoms with Crippen molar-refractivity contribution in [1.29, 1.82) is 0 Å². The van der Waals surface area contributed by atoms with E-state index in [-0.39, 0.29) is 13.2 Å². The molecule has 20 heavy (non-hydrogen) atoms. The summed E-state index contributed by atoms with van der Waals surface area (Å²) in [4.78, 5) is 0. The summed E-state index contributed by atoms with van der Waals surface area (Å²) in [7, 11) is 0. The molecule has 0 aliphatic heterocycles. The minimum absolute atomic E-state index is 0.283. The summed E-state index contributed by atoms with van der Waals surface area (Å²) < 4.78 is 0. The van der Waals surface area contributed by atoms with E-state index >= 15 is 0 Å². The Morgan fingerprint density at radius 1 is 0.800 bits per heavy atom. The molecule has 5 atom stereocenters. The Kier molecular flexibility index (Phi) is 11.2. The van der Waals surface area contributed by atoms with Crippen LogP contribution >= 0.6 is 0 Å². The third-order valence-electron chi connectivity index (χ3n) is 3.12. The van der Waals surface area contributed by atoms with E-state index in [9.17, 15) is 15.3 Å². The molecule has 0 saturated carbocycles. The summed E-state index contributed by atoms with van der Waals surface area (Å²) >= 11 is 0. The smallest absolute Gasteiger partial charge is 0.0971 e. The number of aliphatic hydroxyl groups excluding tert-OH is 6. The second kappa shape index (κ2) is 11.4. The van der Waals surface area contributed by atoms with Crippen LogP contribution in [0, 0.1) is 0 Å². The number of hydrogen-bond donors (Lipinski definition) is 8. The Bertz CT molecular complexity index is 232. The minimum atomic E-state index is -1.05. The number of nitrogens with one attached hydrogen (secondary N) is 2. The van der Waals surface area contributed by atoms with Gasteiger partial charge in [0.05, 0.1) is 50.2 Å². The van der Waals surface area contributed by atoms with Crippen LogP contribution in [0.15, 0.2) is 0 Å². The van der Waals surface area contributed by atoms with Crippen molar-refractivity contribution < 1.29 is 30.6 Å². The second-order valence-corrected chi connectivity index (χ2v) is 4.82. The first-order chi connectivity index (χ1) is 9.47. The quantitative estimate of drug-likeness (QED) is 0.172. The van der Waals surface area contributed by atoms with Gasteiger partial charge in [-0.2, -0.15) is 0 Å². The summed E-state index contributed by atoms with van der Waals surface area (Å²) in [5.41, 5.74) is 0. The molecule has 0 spiro atoms. The number of aliphatic hydroxyl groups is 6. The van der Waals surface area contributed by atoms with Crippen molar-refractivity contribution in [3.8, 4) is 0 Å². The lowest BCUT2D eigenvalue weighted by Crippen LogP contribution is -2.49. The zero-order valence-electron chi connectivity index (χ0n) is 11.8. The molecule has 8 heteroatoms. The lowest BCUT2D eigenvalue weighted by molar-refractivity contribution is -0.00698. The average molecular weight is 296 g/mol. The highest BCUT2D eigenvalue weighted by atomic mass is 16.3. The van der Waals surface area contributed by atoms with Gasteiger partial charge >= 0.3 is 0 Å². The van der Waals surface area contributed by atoms with Crippen LogP contribution in [0.3, 0.4) is 0 Å². The summed E-state index contributed by atoms with van der Waals surface area (Å²) in [6, 6.07) is -1.19. The van der Waals surface area contributed by atoms with Crippen LogP contribution in [0.2, 0.25) is 0 Å².